The standard InChI is InChI=1S/C27H30F2N4O2/c1-16-25(27(34)31-17-13-19-5-2-6-20(14-17)33(19)18-10-11-18)32-12-4-9-24(26(32)30-16)35-15-21-22(28)7-3-8-23(21)29/h3-4,7-9,12,17-20H,2,5-6,10-11,13-15H2,1H3,(H,31,34). The number of fused-ring (bicyclic) bond motifs is 3. The quantitative estimate of drug-likeness (QED) is 0.552. The second kappa shape index (κ2) is 8.90. The van der Waals surface area contributed by atoms with E-state index >= 15 is 0 Å². The number of ether oxygens (including phenoxy) is 1. The van der Waals surface area contributed by atoms with E-state index in [1.165, 1.54) is 50.3 Å². The summed E-state index contributed by atoms with van der Waals surface area (Å²) in [6.07, 6.45) is 10.1. The number of rotatable bonds is 6. The molecule has 2 aromatic heterocycles. The smallest absolute Gasteiger partial charge is 0.270 e. The van der Waals surface area contributed by atoms with Crippen LogP contribution >= 0.6 is 0 Å². The number of nitrogens with one attached hydrogen (secondary N) is 1. The predicted octanol–water partition coefficient (Wildman–Crippen LogP) is 4.78. The van der Waals surface area contributed by atoms with Crippen molar-refractivity contribution in [2.75, 3.05) is 0 Å². The summed E-state index contributed by atoms with van der Waals surface area (Å²) in [5, 5.41) is 3.29. The van der Waals surface area contributed by atoms with Crippen LogP contribution in [0.5, 0.6) is 5.75 Å². The molecule has 8 heteroatoms. The highest BCUT2D eigenvalue weighted by molar-refractivity contribution is 5.95. The minimum absolute atomic E-state index is 0.140. The van der Waals surface area contributed by atoms with Crippen molar-refractivity contribution in [2.45, 2.75) is 82.6 Å². The first-order chi connectivity index (χ1) is 17.0. The van der Waals surface area contributed by atoms with Gasteiger partial charge in [0.05, 0.1) is 11.3 Å². The molecule has 1 aliphatic carbocycles. The Morgan fingerprint density at radius 2 is 1.77 bits per heavy atom. The maximum atomic E-state index is 14.0. The first kappa shape index (κ1) is 22.5. The number of aryl methyl sites for hydroxylation is 1. The highest BCUT2D eigenvalue weighted by atomic mass is 19.1. The lowest BCUT2D eigenvalue weighted by Gasteiger charge is -2.49. The van der Waals surface area contributed by atoms with Gasteiger partial charge in [0.25, 0.3) is 5.91 Å². The number of hydrogen-bond acceptors (Lipinski definition) is 4. The molecule has 1 aromatic carbocycles. The highest BCUT2D eigenvalue weighted by Gasteiger charge is 2.45. The van der Waals surface area contributed by atoms with E-state index in [1.807, 2.05) is 0 Å². The van der Waals surface area contributed by atoms with E-state index in [0.717, 1.165) is 18.9 Å². The Kier molecular flexibility index (Phi) is 5.71. The second-order valence-corrected chi connectivity index (χ2v) is 10.2. The topological polar surface area (TPSA) is 58.9 Å². The fourth-order valence-corrected chi connectivity index (χ4v) is 6.12. The molecule has 3 aliphatic rings. The number of nitrogens with zero attached hydrogens (tertiary/aromatic N) is 3. The van der Waals surface area contributed by atoms with Crippen LogP contribution in [-0.2, 0) is 6.61 Å². The zero-order valence-electron chi connectivity index (χ0n) is 19.8. The third-order valence-corrected chi connectivity index (χ3v) is 7.77. The number of aromatic nitrogens is 2. The van der Waals surface area contributed by atoms with Crippen LogP contribution in [0.1, 0.15) is 66.7 Å². The number of amides is 1. The minimum atomic E-state index is -0.658. The van der Waals surface area contributed by atoms with Crippen LogP contribution in [0.4, 0.5) is 8.78 Å². The Morgan fingerprint density at radius 1 is 1.06 bits per heavy atom. The summed E-state index contributed by atoms with van der Waals surface area (Å²) in [4.78, 5) is 20.7. The number of carbonyl (C=O) groups excluding carboxylic acids is 1. The van der Waals surface area contributed by atoms with Gasteiger partial charge in [-0.25, -0.2) is 13.8 Å². The molecule has 35 heavy (non-hydrogen) atoms. The van der Waals surface area contributed by atoms with Crippen molar-refractivity contribution in [3.63, 3.8) is 0 Å². The first-order valence-corrected chi connectivity index (χ1v) is 12.6. The van der Waals surface area contributed by atoms with Gasteiger partial charge in [-0.3, -0.25) is 14.1 Å². The van der Waals surface area contributed by atoms with Crippen molar-refractivity contribution in [3.05, 3.63) is 65.1 Å². The molecule has 3 fully saturated rings. The molecule has 2 bridgehead atoms. The van der Waals surface area contributed by atoms with Crippen molar-refractivity contribution < 1.29 is 18.3 Å². The molecule has 2 atom stereocenters. The molecule has 1 amide bonds. The van der Waals surface area contributed by atoms with Gasteiger partial charge in [0.2, 0.25) is 0 Å². The molecule has 2 aliphatic heterocycles. The van der Waals surface area contributed by atoms with Gasteiger partial charge in [-0.15, -0.1) is 0 Å². The number of imidazole rings is 1. The zero-order chi connectivity index (χ0) is 24.1. The molecule has 0 spiro atoms. The van der Waals surface area contributed by atoms with Crippen LogP contribution in [0.3, 0.4) is 0 Å². The minimum Gasteiger partial charge on any atom is -0.485 e. The molecule has 4 heterocycles. The normalized spacial score (nSPS) is 24.5. The third-order valence-electron chi connectivity index (χ3n) is 7.77. The third kappa shape index (κ3) is 4.18. The fraction of sp³-hybridized carbons (Fsp3) is 0.481. The lowest BCUT2D eigenvalue weighted by atomic mass is 9.81. The Morgan fingerprint density at radius 3 is 2.46 bits per heavy atom. The number of halogens is 2. The van der Waals surface area contributed by atoms with Gasteiger partial charge in [0, 0.05) is 30.4 Å². The summed E-state index contributed by atoms with van der Waals surface area (Å²) < 4.78 is 35.5. The predicted molar refractivity (Wildman–Crippen MR) is 127 cm³/mol. The van der Waals surface area contributed by atoms with Gasteiger partial charge in [0.1, 0.15) is 23.9 Å². The molecule has 0 radical (unpaired) electrons. The van der Waals surface area contributed by atoms with E-state index in [2.05, 4.69) is 15.2 Å². The molecule has 3 aromatic rings. The molecular formula is C27H30F2N4O2. The van der Waals surface area contributed by atoms with Gasteiger partial charge < -0.3 is 10.1 Å². The van der Waals surface area contributed by atoms with Crippen molar-refractivity contribution in [2.24, 2.45) is 0 Å². The van der Waals surface area contributed by atoms with Crippen molar-refractivity contribution >= 4 is 11.6 Å². The first-order valence-electron chi connectivity index (χ1n) is 12.6. The van der Waals surface area contributed by atoms with Crippen LogP contribution in [-0.4, -0.2) is 44.4 Å². The van der Waals surface area contributed by atoms with Crippen LogP contribution in [0.2, 0.25) is 0 Å². The monoisotopic (exact) mass is 480 g/mol. The number of piperidine rings is 2. The molecule has 2 saturated heterocycles. The fourth-order valence-electron chi connectivity index (χ4n) is 6.12. The van der Waals surface area contributed by atoms with Gasteiger partial charge in [0.15, 0.2) is 11.4 Å². The van der Waals surface area contributed by atoms with Crippen LogP contribution < -0.4 is 10.1 Å². The maximum absolute atomic E-state index is 14.0. The van der Waals surface area contributed by atoms with Crippen LogP contribution in [0.25, 0.3) is 5.65 Å². The van der Waals surface area contributed by atoms with E-state index in [0.29, 0.717) is 34.9 Å². The van der Waals surface area contributed by atoms with Crippen molar-refractivity contribution in [1.82, 2.24) is 19.6 Å². The van der Waals surface area contributed by atoms with Gasteiger partial charge in [-0.2, -0.15) is 0 Å². The van der Waals surface area contributed by atoms with Gasteiger partial charge in [-0.05, 0) is 69.7 Å². The molecule has 2 unspecified atom stereocenters. The summed E-state index contributed by atoms with van der Waals surface area (Å²) in [6.45, 7) is 1.53. The summed E-state index contributed by atoms with van der Waals surface area (Å²) >= 11 is 0. The molecule has 1 N–H and O–H groups in total. The second-order valence-electron chi connectivity index (χ2n) is 10.2. The summed E-state index contributed by atoms with van der Waals surface area (Å²) in [5.41, 5.74) is 1.37. The van der Waals surface area contributed by atoms with E-state index < -0.39 is 11.6 Å². The Balaban J connectivity index is 1.20. The molecule has 184 valence electrons. The van der Waals surface area contributed by atoms with Crippen molar-refractivity contribution in [1.29, 1.82) is 0 Å². The Bertz CT molecular complexity index is 1240. The number of hydrogen-bond donors (Lipinski definition) is 1. The average molecular weight is 481 g/mol. The Labute approximate surface area is 203 Å². The number of pyridine rings is 1. The van der Waals surface area contributed by atoms with E-state index in [9.17, 15) is 13.6 Å². The Hall–Kier alpha value is -3.00. The molecule has 1 saturated carbocycles. The SMILES string of the molecule is Cc1nc2c(OCc3c(F)cccc3F)cccn2c1C(=O)NC1CC2CCCC(C1)N2C1CC1. The molecule has 6 rings (SSSR count). The van der Waals surface area contributed by atoms with E-state index in [1.54, 1.807) is 29.7 Å². The van der Waals surface area contributed by atoms with Crippen LogP contribution in [0.15, 0.2) is 36.5 Å². The van der Waals surface area contributed by atoms with Crippen molar-refractivity contribution in [3.8, 4) is 5.75 Å². The lowest BCUT2D eigenvalue weighted by Crippen LogP contribution is -2.57. The zero-order valence-corrected chi connectivity index (χ0v) is 19.8. The number of benzene rings is 1. The molecule has 6 nitrogen and oxygen atoms in total. The van der Waals surface area contributed by atoms with Crippen LogP contribution in [0, 0.1) is 18.6 Å². The van der Waals surface area contributed by atoms with E-state index in [4.69, 9.17) is 4.74 Å². The van der Waals surface area contributed by atoms with E-state index in [-0.39, 0.29) is 24.1 Å². The van der Waals surface area contributed by atoms with Gasteiger partial charge >= 0.3 is 0 Å². The molecular weight excluding hydrogens is 450 g/mol. The summed E-state index contributed by atoms with van der Waals surface area (Å²) in [5.74, 6) is -1.09. The average Bonchev–Trinajstić information content (AvgIpc) is 3.59. The lowest BCUT2D eigenvalue weighted by molar-refractivity contribution is 0.0174. The number of carbonyl (C=O) groups is 1. The summed E-state index contributed by atoms with van der Waals surface area (Å²) in [6, 6.07) is 9.22. The summed E-state index contributed by atoms with van der Waals surface area (Å²) in [7, 11) is 0. The van der Waals surface area contributed by atoms with Gasteiger partial charge in [-0.1, -0.05) is 12.5 Å². The maximum Gasteiger partial charge on any atom is 0.270 e. The highest BCUT2D eigenvalue weighted by Crippen LogP contribution is 2.42. The largest absolute Gasteiger partial charge is 0.485 e.